The number of aromatic nitrogens is 1. The molecule has 0 unspecified atom stereocenters. The molecule has 0 bridgehead atoms. The molecule has 0 aliphatic rings. The van der Waals surface area contributed by atoms with Crippen molar-refractivity contribution in [3.05, 3.63) is 47.7 Å². The summed E-state index contributed by atoms with van der Waals surface area (Å²) in [5.41, 5.74) is 3.88. The summed E-state index contributed by atoms with van der Waals surface area (Å²) in [6.07, 6.45) is 1.96. The molecule has 0 aliphatic carbocycles. The van der Waals surface area contributed by atoms with E-state index in [9.17, 15) is 0 Å². The summed E-state index contributed by atoms with van der Waals surface area (Å²) in [5, 5.41) is 27.0. The predicted octanol–water partition coefficient (Wildman–Crippen LogP) is 2.33. The van der Waals surface area contributed by atoms with Crippen molar-refractivity contribution in [1.82, 2.24) is 0 Å². The molecule has 1 heterocycles. The second kappa shape index (κ2) is 8.52. The highest BCUT2D eigenvalue weighted by molar-refractivity contribution is 5.57. The van der Waals surface area contributed by atoms with Crippen molar-refractivity contribution in [3.63, 3.8) is 0 Å². The van der Waals surface area contributed by atoms with Crippen molar-refractivity contribution >= 4 is 17.2 Å². The highest BCUT2D eigenvalue weighted by Gasteiger charge is 2.10. The van der Waals surface area contributed by atoms with Gasteiger partial charge >= 0.3 is 5.82 Å². The number of aliphatic hydroxyl groups excluding tert-OH is 2. The molecular formula is C18H25N4O2+. The van der Waals surface area contributed by atoms with Crippen molar-refractivity contribution in [2.75, 3.05) is 31.2 Å². The molecule has 2 aromatic rings. The van der Waals surface area contributed by atoms with Gasteiger partial charge in [0.05, 0.1) is 31.6 Å². The fourth-order valence-electron chi connectivity index (χ4n) is 2.42. The summed E-state index contributed by atoms with van der Waals surface area (Å²) in [4.78, 5) is 1.94. The number of anilines is 1. The number of pyridine rings is 1. The van der Waals surface area contributed by atoms with Crippen molar-refractivity contribution in [2.45, 2.75) is 13.8 Å². The average Bonchev–Trinajstić information content (AvgIpc) is 2.56. The van der Waals surface area contributed by atoms with Crippen LogP contribution in [0.2, 0.25) is 0 Å². The van der Waals surface area contributed by atoms with E-state index in [1.165, 1.54) is 0 Å². The van der Waals surface area contributed by atoms with Crippen LogP contribution in [0.15, 0.2) is 46.8 Å². The van der Waals surface area contributed by atoms with Crippen LogP contribution in [0, 0.1) is 13.8 Å². The summed E-state index contributed by atoms with van der Waals surface area (Å²) >= 11 is 0. The molecule has 0 fully saturated rings. The smallest absolute Gasteiger partial charge is 0.350 e. The molecule has 24 heavy (non-hydrogen) atoms. The molecule has 6 nitrogen and oxygen atoms in total. The maximum Gasteiger partial charge on any atom is 0.350 e. The van der Waals surface area contributed by atoms with Crippen LogP contribution in [-0.4, -0.2) is 36.5 Å². The molecule has 2 rings (SSSR count). The van der Waals surface area contributed by atoms with Gasteiger partial charge in [-0.2, -0.15) is 0 Å². The predicted molar refractivity (Wildman–Crippen MR) is 94.1 cm³/mol. The lowest BCUT2D eigenvalue weighted by Gasteiger charge is -2.23. The van der Waals surface area contributed by atoms with E-state index in [0.717, 1.165) is 28.3 Å². The molecule has 0 saturated heterocycles. The van der Waals surface area contributed by atoms with Crippen LogP contribution in [0.5, 0.6) is 0 Å². The fraction of sp³-hybridized carbons (Fsp3) is 0.389. The Morgan fingerprint density at radius 1 is 1.00 bits per heavy atom. The van der Waals surface area contributed by atoms with E-state index in [2.05, 4.69) is 10.2 Å². The molecule has 0 atom stereocenters. The van der Waals surface area contributed by atoms with Crippen LogP contribution in [0.25, 0.3) is 0 Å². The van der Waals surface area contributed by atoms with E-state index in [1.54, 1.807) is 0 Å². The standard InChI is InChI=1S/C18H25N4O2/c1-14-6-7-21(3)18(12-14)20-19-17-5-4-16(13-15(17)2)22(8-10-23)9-11-24/h4-7,12-13,23-24H,8-11H2,1-3H3/q+1. The normalized spacial score (nSPS) is 11.2. The molecule has 0 saturated carbocycles. The van der Waals surface area contributed by atoms with Gasteiger partial charge in [-0.05, 0) is 54.4 Å². The molecule has 128 valence electrons. The van der Waals surface area contributed by atoms with E-state index in [0.29, 0.717) is 13.1 Å². The van der Waals surface area contributed by atoms with Gasteiger partial charge in [0.25, 0.3) is 0 Å². The van der Waals surface area contributed by atoms with Crippen molar-refractivity contribution in [3.8, 4) is 0 Å². The van der Waals surface area contributed by atoms with Gasteiger partial charge in [-0.25, -0.2) is 4.57 Å². The number of aliphatic hydroxyl groups is 2. The summed E-state index contributed by atoms with van der Waals surface area (Å²) in [7, 11) is 1.94. The SMILES string of the molecule is Cc1cc[n+](C)c(N=Nc2ccc(N(CCO)CCO)cc2C)c1. The van der Waals surface area contributed by atoms with E-state index < -0.39 is 0 Å². The highest BCUT2D eigenvalue weighted by Crippen LogP contribution is 2.26. The van der Waals surface area contributed by atoms with E-state index in [1.807, 2.05) is 66.9 Å². The van der Waals surface area contributed by atoms with Crippen molar-refractivity contribution in [1.29, 1.82) is 0 Å². The zero-order valence-corrected chi connectivity index (χ0v) is 14.5. The number of hydrogen-bond donors (Lipinski definition) is 2. The third kappa shape index (κ3) is 4.59. The summed E-state index contributed by atoms with van der Waals surface area (Å²) in [6.45, 7) is 5.06. The Balaban J connectivity index is 2.23. The molecule has 1 aromatic heterocycles. The van der Waals surface area contributed by atoms with Crippen LogP contribution >= 0.6 is 0 Å². The Kier molecular flexibility index (Phi) is 6.40. The molecular weight excluding hydrogens is 304 g/mol. The van der Waals surface area contributed by atoms with Gasteiger partial charge in [0.15, 0.2) is 0 Å². The van der Waals surface area contributed by atoms with Gasteiger partial charge in [0.1, 0.15) is 5.69 Å². The number of benzene rings is 1. The van der Waals surface area contributed by atoms with Gasteiger partial charge in [0.2, 0.25) is 0 Å². The molecule has 1 aromatic carbocycles. The molecule has 0 amide bonds. The Morgan fingerprint density at radius 2 is 1.71 bits per heavy atom. The second-order valence-electron chi connectivity index (χ2n) is 5.78. The van der Waals surface area contributed by atoms with Gasteiger partial charge in [-0.3, -0.25) is 0 Å². The summed E-state index contributed by atoms with van der Waals surface area (Å²) in [5.74, 6) is 0.792. The summed E-state index contributed by atoms with van der Waals surface area (Å²) in [6, 6.07) is 9.85. The van der Waals surface area contributed by atoms with Crippen molar-refractivity contribution in [2.24, 2.45) is 17.3 Å². The van der Waals surface area contributed by atoms with Gasteiger partial charge in [-0.1, -0.05) is 0 Å². The number of azo groups is 1. The minimum Gasteiger partial charge on any atom is -0.395 e. The average molecular weight is 329 g/mol. The number of rotatable bonds is 7. The highest BCUT2D eigenvalue weighted by atomic mass is 16.3. The van der Waals surface area contributed by atoms with E-state index in [4.69, 9.17) is 10.2 Å². The third-order valence-electron chi connectivity index (χ3n) is 3.82. The first-order chi connectivity index (χ1) is 11.5. The van der Waals surface area contributed by atoms with Gasteiger partial charge in [-0.15, -0.1) is 0 Å². The molecule has 6 heteroatoms. The van der Waals surface area contributed by atoms with Crippen LogP contribution in [-0.2, 0) is 7.05 Å². The number of aryl methyl sites for hydroxylation is 3. The fourth-order valence-corrected chi connectivity index (χ4v) is 2.42. The number of hydrogen-bond acceptors (Lipinski definition) is 5. The Bertz CT molecular complexity index is 710. The first-order valence-electron chi connectivity index (χ1n) is 8.00. The molecule has 2 N–H and O–H groups in total. The number of nitrogens with zero attached hydrogens (tertiary/aromatic N) is 4. The lowest BCUT2D eigenvalue weighted by atomic mass is 10.1. The second-order valence-corrected chi connectivity index (χ2v) is 5.78. The molecule has 0 radical (unpaired) electrons. The minimum absolute atomic E-state index is 0.0460. The van der Waals surface area contributed by atoms with Crippen LogP contribution in [0.1, 0.15) is 11.1 Å². The van der Waals surface area contributed by atoms with Gasteiger partial charge in [0, 0.05) is 24.8 Å². The zero-order chi connectivity index (χ0) is 17.5. The summed E-state index contributed by atoms with van der Waals surface area (Å²) < 4.78 is 1.92. The quantitative estimate of drug-likeness (QED) is 0.605. The van der Waals surface area contributed by atoms with E-state index >= 15 is 0 Å². The first-order valence-corrected chi connectivity index (χ1v) is 8.00. The molecule has 0 spiro atoms. The monoisotopic (exact) mass is 329 g/mol. The topological polar surface area (TPSA) is 72.3 Å². The van der Waals surface area contributed by atoms with Crippen LogP contribution in [0.4, 0.5) is 17.2 Å². The Morgan fingerprint density at radius 3 is 2.33 bits per heavy atom. The Labute approximate surface area is 142 Å². The third-order valence-corrected chi connectivity index (χ3v) is 3.82. The Hall–Kier alpha value is -2.31. The first kappa shape index (κ1) is 18.0. The van der Waals surface area contributed by atoms with Gasteiger partial charge < -0.3 is 15.1 Å². The van der Waals surface area contributed by atoms with Crippen LogP contribution < -0.4 is 9.47 Å². The largest absolute Gasteiger partial charge is 0.395 e. The van der Waals surface area contributed by atoms with Crippen LogP contribution in [0.3, 0.4) is 0 Å². The lowest BCUT2D eigenvalue weighted by molar-refractivity contribution is -0.658. The lowest BCUT2D eigenvalue weighted by Crippen LogP contribution is -2.29. The maximum absolute atomic E-state index is 9.15. The minimum atomic E-state index is 0.0460. The van der Waals surface area contributed by atoms with Crippen molar-refractivity contribution < 1.29 is 14.8 Å². The molecule has 0 aliphatic heterocycles. The zero-order valence-electron chi connectivity index (χ0n) is 14.5. The maximum atomic E-state index is 9.15. The van der Waals surface area contributed by atoms with E-state index in [-0.39, 0.29) is 13.2 Å².